The fourth-order valence-electron chi connectivity index (χ4n) is 4.13. The molecule has 23 heavy (non-hydrogen) atoms. The van der Waals surface area contributed by atoms with Gasteiger partial charge in [-0.05, 0) is 30.7 Å². The molecular weight excluding hydrogens is 284 g/mol. The van der Waals surface area contributed by atoms with Crippen molar-refractivity contribution in [3.05, 3.63) is 35.4 Å². The molecule has 0 radical (unpaired) electrons. The van der Waals surface area contributed by atoms with Crippen LogP contribution in [0.25, 0.3) is 0 Å². The predicted molar refractivity (Wildman–Crippen MR) is 94.2 cm³/mol. The van der Waals surface area contributed by atoms with Crippen LogP contribution in [-0.4, -0.2) is 23.4 Å². The minimum atomic E-state index is 0.0583. The van der Waals surface area contributed by atoms with Crippen molar-refractivity contribution in [2.75, 3.05) is 6.54 Å². The van der Waals surface area contributed by atoms with Crippen LogP contribution in [0.2, 0.25) is 0 Å². The number of hydrogen-bond acceptors (Lipinski definition) is 2. The van der Waals surface area contributed by atoms with Crippen LogP contribution < -0.4 is 5.32 Å². The normalized spacial score (nSPS) is 30.6. The molecule has 0 saturated heterocycles. The van der Waals surface area contributed by atoms with Gasteiger partial charge in [-0.1, -0.05) is 58.2 Å². The van der Waals surface area contributed by atoms with E-state index in [1.165, 1.54) is 24.8 Å². The van der Waals surface area contributed by atoms with E-state index in [1.54, 1.807) is 0 Å². The van der Waals surface area contributed by atoms with Gasteiger partial charge in [-0.3, -0.25) is 10.1 Å². The number of amides is 1. The summed E-state index contributed by atoms with van der Waals surface area (Å²) >= 11 is 0. The number of unbranched alkanes of at least 4 members (excludes halogenated alkanes) is 1. The summed E-state index contributed by atoms with van der Waals surface area (Å²) in [7, 11) is 0. The molecule has 3 heteroatoms. The Morgan fingerprint density at radius 2 is 2.00 bits per heavy atom. The highest BCUT2D eigenvalue weighted by molar-refractivity contribution is 5.99. The number of carbonyl (C=O) groups is 1. The summed E-state index contributed by atoms with van der Waals surface area (Å²) in [5.74, 6) is 1.63. The van der Waals surface area contributed by atoms with Gasteiger partial charge < -0.3 is 4.90 Å². The maximum Gasteiger partial charge on any atom is 0.255 e. The Balaban J connectivity index is 1.83. The summed E-state index contributed by atoms with van der Waals surface area (Å²) in [4.78, 5) is 14.8. The molecule has 1 fully saturated rings. The second-order valence-electron chi connectivity index (χ2n) is 7.38. The molecule has 4 atom stereocenters. The number of rotatable bonds is 5. The first-order valence-corrected chi connectivity index (χ1v) is 9.29. The fraction of sp³-hybridized carbons (Fsp3) is 0.650. The Morgan fingerprint density at radius 1 is 1.22 bits per heavy atom. The van der Waals surface area contributed by atoms with Crippen LogP contribution in [0, 0.1) is 11.8 Å². The molecule has 0 aromatic heterocycles. The molecule has 0 unspecified atom stereocenters. The molecule has 126 valence electrons. The molecule has 3 nitrogen and oxygen atoms in total. The Labute approximate surface area is 140 Å². The minimum absolute atomic E-state index is 0.0583. The fourth-order valence-corrected chi connectivity index (χ4v) is 4.13. The molecule has 1 N–H and O–H groups in total. The zero-order chi connectivity index (χ0) is 16.4. The van der Waals surface area contributed by atoms with E-state index in [9.17, 15) is 4.79 Å². The third-order valence-electron chi connectivity index (χ3n) is 5.89. The van der Waals surface area contributed by atoms with Crippen molar-refractivity contribution in [3.63, 3.8) is 0 Å². The first kappa shape index (κ1) is 16.5. The number of nitrogens with zero attached hydrogens (tertiary/aromatic N) is 1. The van der Waals surface area contributed by atoms with E-state index in [2.05, 4.69) is 43.1 Å². The third-order valence-corrected chi connectivity index (χ3v) is 5.89. The Hall–Kier alpha value is -1.35. The highest BCUT2D eigenvalue weighted by Crippen LogP contribution is 2.36. The maximum atomic E-state index is 12.8. The van der Waals surface area contributed by atoms with E-state index in [-0.39, 0.29) is 12.1 Å². The van der Waals surface area contributed by atoms with Crippen LogP contribution in [0.4, 0.5) is 0 Å². The predicted octanol–water partition coefficient (Wildman–Crippen LogP) is 4.36. The van der Waals surface area contributed by atoms with E-state index in [0.717, 1.165) is 30.9 Å². The number of fused-ring (bicyclic) bond motifs is 1. The summed E-state index contributed by atoms with van der Waals surface area (Å²) in [6.45, 7) is 7.75. The van der Waals surface area contributed by atoms with Crippen molar-refractivity contribution in [2.24, 2.45) is 11.8 Å². The van der Waals surface area contributed by atoms with Crippen molar-refractivity contribution < 1.29 is 4.79 Å². The van der Waals surface area contributed by atoms with Crippen molar-refractivity contribution in [3.8, 4) is 0 Å². The first-order valence-electron chi connectivity index (χ1n) is 9.29. The van der Waals surface area contributed by atoms with Gasteiger partial charge in [0.1, 0.15) is 6.17 Å². The molecule has 0 spiro atoms. The van der Waals surface area contributed by atoms with E-state index in [0.29, 0.717) is 12.0 Å². The quantitative estimate of drug-likeness (QED) is 0.876. The third kappa shape index (κ3) is 3.16. The number of carbonyl (C=O) groups excluding carboxylic acids is 1. The van der Waals surface area contributed by atoms with E-state index >= 15 is 0 Å². The molecule has 3 rings (SSSR count). The largest absolute Gasteiger partial charge is 0.319 e. The summed E-state index contributed by atoms with van der Waals surface area (Å²) in [6.07, 6.45) is 6.08. The van der Waals surface area contributed by atoms with E-state index in [1.807, 2.05) is 12.1 Å². The Kier molecular flexibility index (Phi) is 5.05. The highest BCUT2D eigenvalue weighted by atomic mass is 16.2. The SMILES string of the molecule is CCCCN1C(=O)c2ccccc2[C@@H]1N[C@@H]1CCC[C@H](C)[C@@H]1C. The monoisotopic (exact) mass is 314 g/mol. The molecule has 1 aromatic rings. The van der Waals surface area contributed by atoms with E-state index in [4.69, 9.17) is 0 Å². The maximum absolute atomic E-state index is 12.8. The van der Waals surface area contributed by atoms with Gasteiger partial charge in [-0.2, -0.15) is 0 Å². The second kappa shape index (κ2) is 7.04. The van der Waals surface area contributed by atoms with Gasteiger partial charge in [0.15, 0.2) is 0 Å². The Bertz CT molecular complexity index is 556. The zero-order valence-electron chi connectivity index (χ0n) is 14.7. The van der Waals surface area contributed by atoms with Gasteiger partial charge >= 0.3 is 0 Å². The highest BCUT2D eigenvalue weighted by Gasteiger charge is 2.38. The van der Waals surface area contributed by atoms with Crippen LogP contribution in [0.15, 0.2) is 24.3 Å². The lowest BCUT2D eigenvalue weighted by atomic mass is 9.78. The van der Waals surface area contributed by atoms with Gasteiger partial charge in [0.2, 0.25) is 0 Å². The lowest BCUT2D eigenvalue weighted by Crippen LogP contribution is -2.47. The minimum Gasteiger partial charge on any atom is -0.319 e. The molecule has 0 bridgehead atoms. The molecule has 1 aliphatic heterocycles. The summed E-state index contributed by atoms with van der Waals surface area (Å²) in [5, 5.41) is 3.85. The van der Waals surface area contributed by atoms with E-state index < -0.39 is 0 Å². The first-order chi connectivity index (χ1) is 11.1. The lowest BCUT2D eigenvalue weighted by molar-refractivity contribution is 0.0640. The second-order valence-corrected chi connectivity index (χ2v) is 7.38. The number of benzene rings is 1. The van der Waals surface area contributed by atoms with Crippen molar-refractivity contribution in [1.82, 2.24) is 10.2 Å². The van der Waals surface area contributed by atoms with Gasteiger partial charge in [0, 0.05) is 23.7 Å². The van der Waals surface area contributed by atoms with Crippen LogP contribution in [-0.2, 0) is 0 Å². The molecule has 1 heterocycles. The topological polar surface area (TPSA) is 32.3 Å². The summed E-state index contributed by atoms with van der Waals surface area (Å²) in [5.41, 5.74) is 2.05. The van der Waals surface area contributed by atoms with Gasteiger partial charge in [-0.15, -0.1) is 0 Å². The average Bonchev–Trinajstić information content (AvgIpc) is 2.82. The molecular formula is C20H30N2O. The smallest absolute Gasteiger partial charge is 0.255 e. The standard InChI is InChI=1S/C20H30N2O/c1-4-5-13-22-19(16-10-6-7-11-17(16)20(22)23)21-18-12-8-9-14(2)15(18)3/h6-7,10-11,14-15,18-19,21H,4-5,8-9,12-13H2,1-3H3/t14-,15-,18+,19+/m0/s1. The zero-order valence-corrected chi connectivity index (χ0v) is 14.7. The molecule has 2 aliphatic rings. The van der Waals surface area contributed by atoms with Gasteiger partial charge in [0.05, 0.1) is 0 Å². The van der Waals surface area contributed by atoms with Crippen molar-refractivity contribution in [1.29, 1.82) is 0 Å². The van der Waals surface area contributed by atoms with Gasteiger partial charge in [0.25, 0.3) is 5.91 Å². The Morgan fingerprint density at radius 3 is 2.78 bits per heavy atom. The number of nitrogens with one attached hydrogen (secondary N) is 1. The molecule has 1 amide bonds. The average molecular weight is 314 g/mol. The van der Waals surface area contributed by atoms with Crippen molar-refractivity contribution >= 4 is 5.91 Å². The lowest BCUT2D eigenvalue weighted by Gasteiger charge is -2.38. The molecule has 1 aliphatic carbocycles. The van der Waals surface area contributed by atoms with Crippen LogP contribution in [0.1, 0.15) is 75.0 Å². The molecule has 1 aromatic carbocycles. The van der Waals surface area contributed by atoms with Gasteiger partial charge in [-0.25, -0.2) is 0 Å². The molecule has 1 saturated carbocycles. The summed E-state index contributed by atoms with van der Waals surface area (Å²) in [6, 6.07) is 8.63. The van der Waals surface area contributed by atoms with Crippen LogP contribution >= 0.6 is 0 Å². The summed E-state index contributed by atoms with van der Waals surface area (Å²) < 4.78 is 0. The number of hydrogen-bond donors (Lipinski definition) is 1. The van der Waals surface area contributed by atoms with Crippen LogP contribution in [0.3, 0.4) is 0 Å². The van der Waals surface area contributed by atoms with Crippen molar-refractivity contribution in [2.45, 2.75) is 65.1 Å². The van der Waals surface area contributed by atoms with Crippen LogP contribution in [0.5, 0.6) is 0 Å².